The molecule has 0 aromatic heterocycles. The van der Waals surface area contributed by atoms with Crippen molar-refractivity contribution in [1.82, 2.24) is 0 Å². The van der Waals surface area contributed by atoms with E-state index in [-0.39, 0.29) is 12.8 Å². The van der Waals surface area contributed by atoms with Crippen LogP contribution < -0.4 is 0 Å². The molecule has 0 aliphatic carbocycles. The van der Waals surface area contributed by atoms with Crippen molar-refractivity contribution in [1.29, 1.82) is 0 Å². The van der Waals surface area contributed by atoms with Gasteiger partial charge in [-0.2, -0.15) is 0 Å². The van der Waals surface area contributed by atoms with Crippen LogP contribution in [0.1, 0.15) is 245 Å². The first-order chi connectivity index (χ1) is 23.4. The van der Waals surface area contributed by atoms with E-state index in [1.165, 1.54) is 167 Å². The lowest BCUT2D eigenvalue weighted by atomic mass is 9.85. The van der Waals surface area contributed by atoms with E-state index in [1.807, 2.05) is 0 Å². The van der Waals surface area contributed by atoms with Gasteiger partial charge in [-0.3, -0.25) is 9.59 Å². The van der Waals surface area contributed by atoms with E-state index in [1.54, 1.807) is 0 Å². The second-order valence-electron chi connectivity index (χ2n) is 15.2. The summed E-state index contributed by atoms with van der Waals surface area (Å²) in [6.07, 6.45) is 41.1. The molecule has 0 radical (unpaired) electrons. The van der Waals surface area contributed by atoms with Crippen molar-refractivity contribution in [2.75, 3.05) is 6.61 Å². The highest BCUT2D eigenvalue weighted by Gasteiger charge is 2.45. The summed E-state index contributed by atoms with van der Waals surface area (Å²) in [6.45, 7) is 3.61. The molecule has 0 amide bonds. The first-order valence-electron chi connectivity index (χ1n) is 21.5. The number of ketones is 2. The predicted octanol–water partition coefficient (Wildman–Crippen LogP) is 12.3. The second-order valence-corrected chi connectivity index (χ2v) is 15.2. The number of carbonyl (C=O) groups is 2. The SMILES string of the molecule is CCCCCCCCCCCCCCCCCCCCCC(=O)C(O)C(O)(CO)C(=O)CCCCCCCCCCCCCCCCC. The molecule has 48 heavy (non-hydrogen) atoms. The van der Waals surface area contributed by atoms with E-state index in [4.69, 9.17) is 0 Å². The van der Waals surface area contributed by atoms with E-state index in [0.29, 0.717) is 12.8 Å². The number of rotatable bonds is 40. The first-order valence-corrected chi connectivity index (χ1v) is 21.5. The summed E-state index contributed by atoms with van der Waals surface area (Å²) in [5.74, 6) is -1.16. The highest BCUT2D eigenvalue weighted by atomic mass is 16.4. The third kappa shape index (κ3) is 28.0. The molecule has 0 rings (SSSR count). The molecule has 0 aliphatic heterocycles. The van der Waals surface area contributed by atoms with Crippen LogP contribution in [0, 0.1) is 0 Å². The smallest absolute Gasteiger partial charge is 0.178 e. The van der Waals surface area contributed by atoms with Gasteiger partial charge in [0, 0.05) is 12.8 Å². The summed E-state index contributed by atoms with van der Waals surface area (Å²) in [7, 11) is 0. The lowest BCUT2D eigenvalue weighted by Gasteiger charge is -2.29. The van der Waals surface area contributed by atoms with Crippen molar-refractivity contribution in [2.45, 2.75) is 257 Å². The van der Waals surface area contributed by atoms with E-state index >= 15 is 0 Å². The molecule has 0 aromatic rings. The number of Topliss-reactive ketones (excluding diaryl/α,β-unsaturated/α-hetero) is 2. The Labute approximate surface area is 299 Å². The molecule has 0 saturated carbocycles. The molecule has 3 N–H and O–H groups in total. The largest absolute Gasteiger partial charge is 0.393 e. The van der Waals surface area contributed by atoms with Crippen LogP contribution in [-0.2, 0) is 9.59 Å². The average Bonchev–Trinajstić information content (AvgIpc) is 3.09. The molecule has 0 spiro atoms. The van der Waals surface area contributed by atoms with Crippen LogP contribution in [0.3, 0.4) is 0 Å². The van der Waals surface area contributed by atoms with Crippen LogP contribution in [0.15, 0.2) is 0 Å². The van der Waals surface area contributed by atoms with Gasteiger partial charge in [-0.1, -0.05) is 219 Å². The van der Waals surface area contributed by atoms with Crippen molar-refractivity contribution in [3.63, 3.8) is 0 Å². The van der Waals surface area contributed by atoms with Crippen molar-refractivity contribution >= 4 is 11.6 Å². The third-order valence-corrected chi connectivity index (χ3v) is 10.5. The van der Waals surface area contributed by atoms with Crippen LogP contribution >= 0.6 is 0 Å². The molecule has 5 heteroatoms. The number of unbranched alkanes of at least 4 members (excludes halogenated alkanes) is 32. The maximum Gasteiger partial charge on any atom is 0.178 e. The van der Waals surface area contributed by atoms with Gasteiger partial charge in [0.15, 0.2) is 23.3 Å². The Hall–Kier alpha value is -0.780. The van der Waals surface area contributed by atoms with Gasteiger partial charge in [0.05, 0.1) is 6.61 Å². The molecule has 2 unspecified atom stereocenters. The Morgan fingerprint density at radius 1 is 0.417 bits per heavy atom. The minimum atomic E-state index is -2.37. The molecular weight excluding hydrogens is 596 g/mol. The van der Waals surface area contributed by atoms with Gasteiger partial charge in [-0.15, -0.1) is 0 Å². The minimum Gasteiger partial charge on any atom is -0.393 e. The van der Waals surface area contributed by atoms with Gasteiger partial charge in [0.1, 0.15) is 0 Å². The topological polar surface area (TPSA) is 94.8 Å². The monoisotopic (exact) mass is 681 g/mol. The molecular formula is C43H84O5. The Kier molecular flexibility index (Phi) is 35.4. The van der Waals surface area contributed by atoms with E-state index in [2.05, 4.69) is 13.8 Å². The zero-order valence-electron chi connectivity index (χ0n) is 32.4. The second kappa shape index (κ2) is 36.0. The zero-order valence-corrected chi connectivity index (χ0v) is 32.4. The third-order valence-electron chi connectivity index (χ3n) is 10.5. The van der Waals surface area contributed by atoms with Gasteiger partial charge in [0.25, 0.3) is 0 Å². The van der Waals surface area contributed by atoms with E-state index < -0.39 is 29.9 Å². The summed E-state index contributed by atoms with van der Waals surface area (Å²) in [4.78, 5) is 25.3. The Morgan fingerprint density at radius 3 is 0.896 bits per heavy atom. The Bertz CT molecular complexity index is 695. The summed E-state index contributed by atoms with van der Waals surface area (Å²) in [5.41, 5.74) is -2.37. The molecule has 0 aliphatic rings. The fourth-order valence-corrected chi connectivity index (χ4v) is 6.98. The Balaban J connectivity index is 3.73. The van der Waals surface area contributed by atoms with Gasteiger partial charge in [0.2, 0.25) is 0 Å². The predicted molar refractivity (Wildman–Crippen MR) is 206 cm³/mol. The maximum atomic E-state index is 12.7. The highest BCUT2D eigenvalue weighted by Crippen LogP contribution is 2.21. The van der Waals surface area contributed by atoms with Crippen LogP contribution in [0.25, 0.3) is 0 Å². The maximum absolute atomic E-state index is 12.7. The molecule has 0 heterocycles. The number of hydrogen-bond donors (Lipinski definition) is 3. The van der Waals surface area contributed by atoms with E-state index in [0.717, 1.165) is 38.5 Å². The van der Waals surface area contributed by atoms with Crippen molar-refractivity contribution < 1.29 is 24.9 Å². The molecule has 0 bridgehead atoms. The number of carbonyl (C=O) groups excluding carboxylic acids is 2. The van der Waals surface area contributed by atoms with Crippen LogP contribution in [-0.4, -0.2) is 45.2 Å². The van der Waals surface area contributed by atoms with Gasteiger partial charge in [-0.05, 0) is 12.8 Å². The summed E-state index contributed by atoms with van der Waals surface area (Å²) >= 11 is 0. The van der Waals surface area contributed by atoms with Gasteiger partial charge < -0.3 is 15.3 Å². The summed E-state index contributed by atoms with van der Waals surface area (Å²) in [6, 6.07) is 0. The van der Waals surface area contributed by atoms with Crippen molar-refractivity contribution in [2.24, 2.45) is 0 Å². The fraction of sp³-hybridized carbons (Fsp3) is 0.953. The van der Waals surface area contributed by atoms with E-state index in [9.17, 15) is 24.9 Å². The molecule has 0 aromatic carbocycles. The first kappa shape index (κ1) is 47.2. The fourth-order valence-electron chi connectivity index (χ4n) is 6.98. The highest BCUT2D eigenvalue weighted by molar-refractivity contribution is 5.96. The molecule has 0 fully saturated rings. The number of hydrogen-bond acceptors (Lipinski definition) is 5. The Morgan fingerprint density at radius 2 is 0.646 bits per heavy atom. The zero-order chi connectivity index (χ0) is 35.4. The molecule has 5 nitrogen and oxygen atoms in total. The summed E-state index contributed by atoms with van der Waals surface area (Å²) < 4.78 is 0. The standard InChI is InChI=1S/C43H84O5/c1-3-5-7-9-11-13-15-17-19-20-21-22-24-25-27-29-31-33-35-37-40(45)42(47)43(48,39-44)41(46)38-36-34-32-30-28-26-23-18-16-14-12-10-8-6-4-2/h42,44,47-48H,3-39H2,1-2H3. The normalized spacial score (nSPS) is 13.5. The van der Waals surface area contributed by atoms with Gasteiger partial charge in [-0.25, -0.2) is 0 Å². The molecule has 2 atom stereocenters. The number of aliphatic hydroxyl groups excluding tert-OH is 2. The lowest BCUT2D eigenvalue weighted by Crippen LogP contribution is -2.55. The lowest BCUT2D eigenvalue weighted by molar-refractivity contribution is -0.165. The molecule has 286 valence electrons. The van der Waals surface area contributed by atoms with Crippen LogP contribution in [0.5, 0.6) is 0 Å². The van der Waals surface area contributed by atoms with Gasteiger partial charge >= 0.3 is 0 Å². The van der Waals surface area contributed by atoms with Crippen LogP contribution in [0.2, 0.25) is 0 Å². The van der Waals surface area contributed by atoms with Crippen LogP contribution in [0.4, 0.5) is 0 Å². The minimum absolute atomic E-state index is 0.0823. The van der Waals surface area contributed by atoms with Crippen molar-refractivity contribution in [3.05, 3.63) is 0 Å². The summed E-state index contributed by atoms with van der Waals surface area (Å²) in [5, 5.41) is 31.0. The molecule has 0 saturated heterocycles. The van der Waals surface area contributed by atoms with Crippen molar-refractivity contribution in [3.8, 4) is 0 Å². The average molecular weight is 681 g/mol. The quantitative estimate of drug-likeness (QED) is 0.0560. The number of aliphatic hydroxyl groups is 3.